The van der Waals surface area contributed by atoms with E-state index in [1.54, 1.807) is 12.1 Å². The average molecular weight is 206 g/mol. The summed E-state index contributed by atoms with van der Waals surface area (Å²) < 4.78 is 5.23. The quantitative estimate of drug-likeness (QED) is 0.700. The Morgan fingerprint density at radius 2 is 2.13 bits per heavy atom. The maximum atomic E-state index is 10.7. The zero-order valence-corrected chi connectivity index (χ0v) is 8.27. The van der Waals surface area contributed by atoms with E-state index in [1.807, 2.05) is 0 Å². The van der Waals surface area contributed by atoms with Gasteiger partial charge >= 0.3 is 0 Å². The van der Waals surface area contributed by atoms with E-state index in [0.29, 0.717) is 18.8 Å². The van der Waals surface area contributed by atoms with Crippen LogP contribution in [0.5, 0.6) is 0 Å². The van der Waals surface area contributed by atoms with Crippen LogP contribution in [0.25, 0.3) is 0 Å². The molecule has 1 N–H and O–H groups in total. The Labute approximate surface area is 87.8 Å². The molecule has 0 aliphatic carbocycles. The van der Waals surface area contributed by atoms with Gasteiger partial charge in [0.25, 0.3) is 5.91 Å². The smallest absolute Gasteiger partial charge is 0.271 e. The predicted octanol–water partition coefficient (Wildman–Crippen LogP) is 0.341. The van der Waals surface area contributed by atoms with E-state index in [1.165, 1.54) is 6.20 Å². The van der Waals surface area contributed by atoms with Gasteiger partial charge in [-0.3, -0.25) is 10.5 Å². The zero-order valence-electron chi connectivity index (χ0n) is 8.27. The molecule has 1 aromatic rings. The van der Waals surface area contributed by atoms with E-state index >= 15 is 0 Å². The highest BCUT2D eigenvalue weighted by atomic mass is 16.5. The number of morpholine rings is 1. The average Bonchev–Trinajstić information content (AvgIpc) is 2.30. The first kappa shape index (κ1) is 9.92. The Morgan fingerprint density at radius 1 is 1.40 bits per heavy atom. The van der Waals surface area contributed by atoms with Gasteiger partial charge in [0, 0.05) is 19.3 Å². The van der Waals surface area contributed by atoms with Crippen LogP contribution in [-0.4, -0.2) is 37.2 Å². The number of pyridine rings is 1. The van der Waals surface area contributed by atoms with Crippen molar-refractivity contribution in [2.24, 2.45) is 0 Å². The Balaban J connectivity index is 2.11. The van der Waals surface area contributed by atoms with E-state index in [2.05, 4.69) is 9.88 Å². The molecule has 79 valence electrons. The van der Waals surface area contributed by atoms with Crippen LogP contribution in [-0.2, 0) is 4.74 Å². The molecule has 0 spiro atoms. The Morgan fingerprint density at radius 3 is 2.67 bits per heavy atom. The summed E-state index contributed by atoms with van der Waals surface area (Å²) in [7, 11) is 0. The number of carbonyl (C=O) groups is 1. The molecule has 1 amide bonds. The molecule has 0 aromatic carbocycles. The summed E-state index contributed by atoms with van der Waals surface area (Å²) in [5.74, 6) is 0.138. The molecule has 1 saturated heterocycles. The van der Waals surface area contributed by atoms with Crippen LogP contribution in [0.3, 0.4) is 0 Å². The molecule has 5 nitrogen and oxygen atoms in total. The number of carbonyl (C=O) groups excluding carboxylic acids is 1. The first-order chi connectivity index (χ1) is 7.27. The second-order valence-electron chi connectivity index (χ2n) is 3.33. The largest absolute Gasteiger partial charge is 0.378 e. The van der Waals surface area contributed by atoms with Crippen LogP contribution in [0.1, 0.15) is 10.4 Å². The van der Waals surface area contributed by atoms with Gasteiger partial charge in [0.05, 0.1) is 18.8 Å². The molecule has 0 bridgehead atoms. The molecular formula is C10H12N3O2. The van der Waals surface area contributed by atoms with Crippen molar-refractivity contribution < 1.29 is 9.53 Å². The third kappa shape index (κ3) is 2.24. The molecule has 15 heavy (non-hydrogen) atoms. The number of ether oxygens (including phenoxy) is 1. The van der Waals surface area contributed by atoms with Crippen molar-refractivity contribution in [1.82, 2.24) is 10.7 Å². The number of amides is 1. The van der Waals surface area contributed by atoms with E-state index in [4.69, 9.17) is 10.5 Å². The van der Waals surface area contributed by atoms with E-state index in [-0.39, 0.29) is 0 Å². The summed E-state index contributed by atoms with van der Waals surface area (Å²) in [6.07, 6.45) is 1.44. The van der Waals surface area contributed by atoms with Gasteiger partial charge in [0.2, 0.25) is 0 Å². The van der Waals surface area contributed by atoms with Crippen LogP contribution in [0.15, 0.2) is 18.3 Å². The summed E-state index contributed by atoms with van der Waals surface area (Å²) in [4.78, 5) is 17.0. The molecule has 5 heteroatoms. The van der Waals surface area contributed by atoms with Gasteiger partial charge < -0.3 is 9.64 Å². The fourth-order valence-electron chi connectivity index (χ4n) is 1.50. The minimum atomic E-state index is -0.698. The zero-order chi connectivity index (χ0) is 10.7. The molecule has 1 aliphatic rings. The van der Waals surface area contributed by atoms with Crippen LogP contribution >= 0.6 is 0 Å². The lowest BCUT2D eigenvalue weighted by Crippen LogP contribution is -2.36. The minimum absolute atomic E-state index is 0.326. The van der Waals surface area contributed by atoms with Crippen molar-refractivity contribution in [1.29, 1.82) is 0 Å². The molecule has 0 unspecified atom stereocenters. The van der Waals surface area contributed by atoms with Crippen molar-refractivity contribution >= 4 is 11.7 Å². The van der Waals surface area contributed by atoms with Crippen molar-refractivity contribution in [3.05, 3.63) is 23.9 Å². The number of nitrogens with one attached hydrogen (secondary N) is 1. The fourth-order valence-corrected chi connectivity index (χ4v) is 1.50. The SMILES string of the molecule is [NH]C(=O)c1ccc(N2CCOCC2)nc1. The van der Waals surface area contributed by atoms with Gasteiger partial charge in [-0.05, 0) is 12.1 Å². The molecule has 0 atom stereocenters. The number of anilines is 1. The Hall–Kier alpha value is -1.62. The molecule has 1 aromatic heterocycles. The number of rotatable bonds is 2. The van der Waals surface area contributed by atoms with Crippen molar-refractivity contribution in [2.45, 2.75) is 0 Å². The highest BCUT2D eigenvalue weighted by Gasteiger charge is 2.12. The van der Waals surface area contributed by atoms with Crippen molar-refractivity contribution in [2.75, 3.05) is 31.2 Å². The topological polar surface area (TPSA) is 66.2 Å². The normalized spacial score (nSPS) is 16.4. The summed E-state index contributed by atoms with van der Waals surface area (Å²) in [5, 5.41) is 0. The van der Waals surface area contributed by atoms with E-state index < -0.39 is 5.91 Å². The number of aromatic nitrogens is 1. The second kappa shape index (κ2) is 4.27. The molecule has 2 rings (SSSR count). The lowest BCUT2D eigenvalue weighted by atomic mass is 10.2. The summed E-state index contributed by atoms with van der Waals surface area (Å²) in [5.41, 5.74) is 7.25. The van der Waals surface area contributed by atoms with Gasteiger partial charge in [-0.1, -0.05) is 0 Å². The molecule has 0 saturated carbocycles. The highest BCUT2D eigenvalue weighted by Crippen LogP contribution is 2.12. The highest BCUT2D eigenvalue weighted by molar-refractivity contribution is 5.91. The third-order valence-corrected chi connectivity index (χ3v) is 2.35. The van der Waals surface area contributed by atoms with E-state index in [9.17, 15) is 4.79 Å². The number of hydrogen-bond acceptors (Lipinski definition) is 4. The van der Waals surface area contributed by atoms with Gasteiger partial charge in [-0.15, -0.1) is 0 Å². The Bertz CT molecular complexity index is 344. The molecular weight excluding hydrogens is 194 g/mol. The third-order valence-electron chi connectivity index (χ3n) is 2.35. The maximum Gasteiger partial charge on any atom is 0.271 e. The Kier molecular flexibility index (Phi) is 2.82. The lowest BCUT2D eigenvalue weighted by molar-refractivity contribution is 0.0991. The molecule has 1 radical (unpaired) electrons. The van der Waals surface area contributed by atoms with Gasteiger partial charge in [-0.2, -0.15) is 0 Å². The summed E-state index contributed by atoms with van der Waals surface area (Å²) in [6.45, 7) is 3.06. The van der Waals surface area contributed by atoms with Crippen LogP contribution in [0, 0.1) is 0 Å². The minimum Gasteiger partial charge on any atom is -0.378 e. The van der Waals surface area contributed by atoms with Gasteiger partial charge in [0.15, 0.2) is 0 Å². The van der Waals surface area contributed by atoms with Crippen LogP contribution < -0.4 is 10.6 Å². The van der Waals surface area contributed by atoms with Crippen LogP contribution in [0.2, 0.25) is 0 Å². The van der Waals surface area contributed by atoms with Crippen molar-refractivity contribution in [3.63, 3.8) is 0 Å². The fraction of sp³-hybridized carbons (Fsp3) is 0.400. The van der Waals surface area contributed by atoms with Gasteiger partial charge in [-0.25, -0.2) is 4.98 Å². The first-order valence-corrected chi connectivity index (χ1v) is 4.82. The number of nitrogens with zero attached hydrogens (tertiary/aromatic N) is 2. The summed E-state index contributed by atoms with van der Waals surface area (Å²) >= 11 is 0. The summed E-state index contributed by atoms with van der Waals surface area (Å²) in [6, 6.07) is 3.40. The van der Waals surface area contributed by atoms with Crippen LogP contribution in [0.4, 0.5) is 5.82 Å². The standard InChI is InChI=1S/C10H12N3O2/c11-10(14)8-1-2-9(12-7-8)13-3-5-15-6-4-13/h1-2,7,11H,3-6H2. The maximum absolute atomic E-state index is 10.7. The molecule has 1 aliphatic heterocycles. The van der Waals surface area contributed by atoms with Crippen molar-refractivity contribution in [3.8, 4) is 0 Å². The van der Waals surface area contributed by atoms with Gasteiger partial charge in [0.1, 0.15) is 5.82 Å². The van der Waals surface area contributed by atoms with E-state index in [0.717, 1.165) is 18.9 Å². The second-order valence-corrected chi connectivity index (χ2v) is 3.33. The predicted molar refractivity (Wildman–Crippen MR) is 54.7 cm³/mol. The molecule has 2 heterocycles. The lowest BCUT2D eigenvalue weighted by Gasteiger charge is -2.27. The number of hydrogen-bond donors (Lipinski definition) is 0. The molecule has 1 fully saturated rings. The monoisotopic (exact) mass is 206 g/mol. The first-order valence-electron chi connectivity index (χ1n) is 4.82.